The summed E-state index contributed by atoms with van der Waals surface area (Å²) in [5.41, 5.74) is 5.57. The van der Waals surface area contributed by atoms with Gasteiger partial charge in [-0.25, -0.2) is 9.18 Å². The van der Waals surface area contributed by atoms with Gasteiger partial charge in [0.05, 0.1) is 11.3 Å². The number of carbonyl (C=O) groups is 1. The Morgan fingerprint density at radius 1 is 1.50 bits per heavy atom. The number of likely N-dealkylation sites (N-methyl/N-ethyl adjacent to an activating group) is 1. The second kappa shape index (κ2) is 5.28. The van der Waals surface area contributed by atoms with E-state index >= 15 is 0 Å². The minimum Gasteiger partial charge on any atom is -0.478 e. The molecule has 0 radical (unpaired) electrons. The van der Waals surface area contributed by atoms with E-state index in [2.05, 4.69) is 10.2 Å². The molecule has 1 aromatic rings. The number of hydrogen-bond donors (Lipinski definition) is 3. The molecular weight excluding hydrogens is 261 g/mol. The van der Waals surface area contributed by atoms with E-state index < -0.39 is 11.8 Å². The van der Waals surface area contributed by atoms with Gasteiger partial charge in [-0.05, 0) is 45.5 Å². The molecule has 4 N–H and O–H groups in total. The third kappa shape index (κ3) is 2.56. The Bertz CT molecular complexity index is 527. The molecule has 0 bridgehead atoms. The first-order chi connectivity index (χ1) is 9.35. The first kappa shape index (κ1) is 14.6. The Morgan fingerprint density at radius 3 is 2.60 bits per heavy atom. The lowest BCUT2D eigenvalue weighted by Crippen LogP contribution is -2.54. The monoisotopic (exact) mass is 281 g/mol. The molecule has 2 rings (SSSR count). The zero-order valence-corrected chi connectivity index (χ0v) is 11.7. The molecule has 0 unspecified atom stereocenters. The van der Waals surface area contributed by atoms with Gasteiger partial charge in [0.25, 0.3) is 0 Å². The van der Waals surface area contributed by atoms with Gasteiger partial charge < -0.3 is 21.1 Å². The molecule has 1 saturated carbocycles. The zero-order chi connectivity index (χ0) is 14.9. The number of halogens is 1. The predicted octanol–water partition coefficient (Wildman–Crippen LogP) is 2.00. The Kier molecular flexibility index (Phi) is 3.85. The number of carboxylic acid groups (broad SMARTS) is 1. The molecule has 1 fully saturated rings. The normalized spacial score (nSPS) is 16.8. The molecule has 1 aromatic carbocycles. The molecule has 0 saturated heterocycles. The summed E-state index contributed by atoms with van der Waals surface area (Å²) < 4.78 is 13.8. The van der Waals surface area contributed by atoms with Crippen LogP contribution in [-0.4, -0.2) is 42.2 Å². The minimum atomic E-state index is -1.16. The number of benzene rings is 1. The highest BCUT2D eigenvalue weighted by atomic mass is 19.1. The van der Waals surface area contributed by atoms with Crippen LogP contribution in [0.2, 0.25) is 0 Å². The van der Waals surface area contributed by atoms with Gasteiger partial charge in [-0.2, -0.15) is 0 Å². The fourth-order valence-corrected chi connectivity index (χ4v) is 2.54. The molecule has 5 nitrogen and oxygen atoms in total. The topological polar surface area (TPSA) is 78.6 Å². The Hall–Kier alpha value is -1.82. The van der Waals surface area contributed by atoms with Gasteiger partial charge in [0, 0.05) is 17.8 Å². The minimum absolute atomic E-state index is 0.0250. The zero-order valence-electron chi connectivity index (χ0n) is 11.7. The first-order valence-corrected chi connectivity index (χ1v) is 6.59. The van der Waals surface area contributed by atoms with Crippen LogP contribution in [0, 0.1) is 5.82 Å². The van der Waals surface area contributed by atoms with Crippen molar-refractivity contribution in [3.8, 4) is 0 Å². The van der Waals surface area contributed by atoms with Crippen molar-refractivity contribution in [2.45, 2.75) is 24.8 Å². The van der Waals surface area contributed by atoms with Crippen molar-refractivity contribution in [1.82, 2.24) is 4.90 Å². The van der Waals surface area contributed by atoms with Gasteiger partial charge in [0.15, 0.2) is 0 Å². The molecule has 1 aliphatic rings. The van der Waals surface area contributed by atoms with Gasteiger partial charge in [-0.3, -0.25) is 0 Å². The SMILES string of the molecule is CN(C)C1(CNc2cc(C(=O)O)c(N)cc2F)CCC1. The van der Waals surface area contributed by atoms with E-state index in [1.807, 2.05) is 14.1 Å². The lowest BCUT2D eigenvalue weighted by molar-refractivity contribution is 0.0698. The van der Waals surface area contributed by atoms with Gasteiger partial charge in [-0.15, -0.1) is 0 Å². The van der Waals surface area contributed by atoms with Crippen molar-refractivity contribution in [3.05, 3.63) is 23.5 Å². The van der Waals surface area contributed by atoms with E-state index in [4.69, 9.17) is 10.8 Å². The first-order valence-electron chi connectivity index (χ1n) is 6.59. The summed E-state index contributed by atoms with van der Waals surface area (Å²) in [5, 5.41) is 12.0. The number of rotatable bonds is 5. The van der Waals surface area contributed by atoms with E-state index in [1.165, 1.54) is 6.07 Å². The Morgan fingerprint density at radius 2 is 2.15 bits per heavy atom. The molecule has 6 heteroatoms. The van der Waals surface area contributed by atoms with Crippen molar-refractivity contribution in [3.63, 3.8) is 0 Å². The summed E-state index contributed by atoms with van der Waals surface area (Å²) in [4.78, 5) is 13.2. The molecule has 0 heterocycles. The van der Waals surface area contributed by atoms with E-state index in [-0.39, 0.29) is 22.5 Å². The summed E-state index contributed by atoms with van der Waals surface area (Å²) in [5.74, 6) is -1.68. The van der Waals surface area contributed by atoms with Crippen LogP contribution in [0.15, 0.2) is 12.1 Å². The van der Waals surface area contributed by atoms with E-state index in [0.717, 1.165) is 25.3 Å². The summed E-state index contributed by atoms with van der Waals surface area (Å²) in [6.07, 6.45) is 3.26. The average molecular weight is 281 g/mol. The van der Waals surface area contributed by atoms with Crippen LogP contribution in [-0.2, 0) is 0 Å². The second-order valence-corrected chi connectivity index (χ2v) is 5.55. The van der Waals surface area contributed by atoms with Gasteiger partial charge in [0.2, 0.25) is 0 Å². The van der Waals surface area contributed by atoms with Crippen LogP contribution >= 0.6 is 0 Å². The van der Waals surface area contributed by atoms with Crippen LogP contribution in [0.3, 0.4) is 0 Å². The van der Waals surface area contributed by atoms with Crippen molar-refractivity contribution in [2.24, 2.45) is 0 Å². The quantitative estimate of drug-likeness (QED) is 0.719. The van der Waals surface area contributed by atoms with Crippen LogP contribution in [0.25, 0.3) is 0 Å². The highest BCUT2D eigenvalue weighted by molar-refractivity contribution is 5.94. The van der Waals surface area contributed by atoms with Crippen molar-refractivity contribution >= 4 is 17.3 Å². The molecule has 110 valence electrons. The summed E-state index contributed by atoms with van der Waals surface area (Å²) in [7, 11) is 4.01. The predicted molar refractivity (Wildman–Crippen MR) is 76.5 cm³/mol. The summed E-state index contributed by atoms with van der Waals surface area (Å²) >= 11 is 0. The number of aromatic carboxylic acids is 1. The molecule has 0 aliphatic heterocycles. The maximum Gasteiger partial charge on any atom is 0.337 e. The smallest absolute Gasteiger partial charge is 0.337 e. The molecule has 0 atom stereocenters. The average Bonchev–Trinajstić information content (AvgIpc) is 2.28. The number of nitrogens with two attached hydrogens (primary N) is 1. The second-order valence-electron chi connectivity index (χ2n) is 5.55. The maximum atomic E-state index is 13.8. The Balaban J connectivity index is 2.17. The third-order valence-corrected chi connectivity index (χ3v) is 4.21. The largest absolute Gasteiger partial charge is 0.478 e. The van der Waals surface area contributed by atoms with E-state index in [0.29, 0.717) is 6.54 Å². The summed E-state index contributed by atoms with van der Waals surface area (Å²) in [6.45, 7) is 0.583. The number of carboxylic acids is 1. The number of nitrogens with zero attached hydrogens (tertiary/aromatic N) is 1. The van der Waals surface area contributed by atoms with Gasteiger partial charge in [0.1, 0.15) is 5.82 Å². The fourth-order valence-electron chi connectivity index (χ4n) is 2.54. The lowest BCUT2D eigenvalue weighted by atomic mass is 9.75. The molecule has 0 amide bonds. The summed E-state index contributed by atoms with van der Waals surface area (Å²) in [6, 6.07) is 2.31. The van der Waals surface area contributed by atoms with Gasteiger partial charge >= 0.3 is 5.97 Å². The van der Waals surface area contributed by atoms with Crippen LogP contribution in [0.1, 0.15) is 29.6 Å². The van der Waals surface area contributed by atoms with E-state index in [9.17, 15) is 9.18 Å². The highest BCUT2D eigenvalue weighted by Crippen LogP contribution is 2.36. The van der Waals surface area contributed by atoms with Gasteiger partial charge in [-0.1, -0.05) is 0 Å². The maximum absolute atomic E-state index is 13.8. The number of anilines is 2. The lowest BCUT2D eigenvalue weighted by Gasteiger charge is -2.47. The van der Waals surface area contributed by atoms with Crippen LogP contribution < -0.4 is 11.1 Å². The molecule has 20 heavy (non-hydrogen) atoms. The van der Waals surface area contributed by atoms with Crippen molar-refractivity contribution in [2.75, 3.05) is 31.7 Å². The molecule has 1 aliphatic carbocycles. The molecular formula is C14H20FN3O2. The number of nitrogens with one attached hydrogen (secondary N) is 1. The highest BCUT2D eigenvalue weighted by Gasteiger charge is 2.38. The van der Waals surface area contributed by atoms with Crippen LogP contribution in [0.5, 0.6) is 0 Å². The molecule has 0 spiro atoms. The van der Waals surface area contributed by atoms with Crippen molar-refractivity contribution in [1.29, 1.82) is 0 Å². The molecule has 0 aromatic heterocycles. The van der Waals surface area contributed by atoms with E-state index in [1.54, 1.807) is 0 Å². The third-order valence-electron chi connectivity index (χ3n) is 4.21. The fraction of sp³-hybridized carbons (Fsp3) is 0.500. The number of hydrogen-bond acceptors (Lipinski definition) is 4. The standard InChI is InChI=1S/C14H20FN3O2/c1-18(2)14(4-3-5-14)8-17-12-6-9(13(19)20)11(16)7-10(12)15/h6-7,17H,3-5,8,16H2,1-2H3,(H,19,20). The Labute approximate surface area is 117 Å². The van der Waals surface area contributed by atoms with Crippen LogP contribution in [0.4, 0.5) is 15.8 Å². The van der Waals surface area contributed by atoms with Crippen molar-refractivity contribution < 1.29 is 14.3 Å². The number of nitrogen functional groups attached to an aromatic ring is 1.